The zero-order chi connectivity index (χ0) is 14.0. The first kappa shape index (κ1) is 14.8. The van der Waals surface area contributed by atoms with Crippen molar-refractivity contribution in [3.05, 3.63) is 67.6 Å². The number of hydrogen-bond acceptors (Lipinski definition) is 2. The molecule has 3 N–H and O–H groups in total. The quantitative estimate of drug-likeness (QED) is 0.620. The van der Waals surface area contributed by atoms with E-state index in [-0.39, 0.29) is 6.04 Å². The SMILES string of the molecule is Cc1ccc(C(NN)c2cc(Cl)cc(Br)c2)cc1Cl. The van der Waals surface area contributed by atoms with Crippen molar-refractivity contribution in [1.29, 1.82) is 0 Å². The lowest BCUT2D eigenvalue weighted by Gasteiger charge is -2.18. The maximum Gasteiger partial charge on any atom is 0.0711 e. The van der Waals surface area contributed by atoms with Gasteiger partial charge in [-0.2, -0.15) is 0 Å². The molecule has 1 unspecified atom stereocenters. The molecule has 0 aromatic heterocycles. The van der Waals surface area contributed by atoms with Gasteiger partial charge in [0.15, 0.2) is 0 Å². The van der Waals surface area contributed by atoms with Gasteiger partial charge in [0, 0.05) is 14.5 Å². The van der Waals surface area contributed by atoms with E-state index in [1.807, 2.05) is 43.3 Å². The lowest BCUT2D eigenvalue weighted by molar-refractivity contribution is 0.636. The molecule has 0 aliphatic carbocycles. The predicted molar refractivity (Wildman–Crippen MR) is 84.5 cm³/mol. The van der Waals surface area contributed by atoms with Gasteiger partial charge in [0.2, 0.25) is 0 Å². The zero-order valence-electron chi connectivity index (χ0n) is 10.3. The highest BCUT2D eigenvalue weighted by Crippen LogP contribution is 2.29. The van der Waals surface area contributed by atoms with Crippen LogP contribution in [-0.4, -0.2) is 0 Å². The second kappa shape index (κ2) is 6.25. The van der Waals surface area contributed by atoms with Crippen LogP contribution in [0.2, 0.25) is 10.0 Å². The third-order valence-corrected chi connectivity index (χ3v) is 4.00. The van der Waals surface area contributed by atoms with E-state index in [0.717, 1.165) is 26.2 Å². The summed E-state index contributed by atoms with van der Waals surface area (Å²) in [7, 11) is 0. The fraction of sp³-hybridized carbons (Fsp3) is 0.143. The van der Waals surface area contributed by atoms with E-state index < -0.39 is 0 Å². The van der Waals surface area contributed by atoms with Gasteiger partial charge in [-0.25, -0.2) is 5.43 Å². The fourth-order valence-corrected chi connectivity index (χ4v) is 2.99. The monoisotopic (exact) mass is 358 g/mol. The van der Waals surface area contributed by atoms with Crippen LogP contribution in [0, 0.1) is 6.92 Å². The van der Waals surface area contributed by atoms with Crippen molar-refractivity contribution in [3.63, 3.8) is 0 Å². The second-order valence-electron chi connectivity index (χ2n) is 4.31. The number of rotatable bonds is 3. The molecule has 0 saturated carbocycles. The smallest absolute Gasteiger partial charge is 0.0711 e. The third kappa shape index (κ3) is 3.50. The van der Waals surface area contributed by atoms with Gasteiger partial charge < -0.3 is 0 Å². The first-order chi connectivity index (χ1) is 9.01. The van der Waals surface area contributed by atoms with Crippen LogP contribution in [-0.2, 0) is 0 Å². The topological polar surface area (TPSA) is 38.0 Å². The van der Waals surface area contributed by atoms with E-state index in [2.05, 4.69) is 21.4 Å². The molecule has 0 aliphatic heterocycles. The minimum atomic E-state index is -0.159. The van der Waals surface area contributed by atoms with Crippen molar-refractivity contribution in [3.8, 4) is 0 Å². The lowest BCUT2D eigenvalue weighted by Crippen LogP contribution is -2.28. The summed E-state index contributed by atoms with van der Waals surface area (Å²) in [5, 5.41) is 1.38. The van der Waals surface area contributed by atoms with Gasteiger partial charge in [-0.05, 0) is 47.9 Å². The van der Waals surface area contributed by atoms with E-state index in [9.17, 15) is 0 Å². The summed E-state index contributed by atoms with van der Waals surface area (Å²) in [5.74, 6) is 5.67. The average molecular weight is 360 g/mol. The molecular weight excluding hydrogens is 347 g/mol. The molecule has 0 heterocycles. The number of nitrogens with one attached hydrogen (secondary N) is 1. The van der Waals surface area contributed by atoms with Crippen LogP contribution in [0.3, 0.4) is 0 Å². The Hall–Kier alpha value is -0.580. The number of benzene rings is 2. The van der Waals surface area contributed by atoms with Crippen LogP contribution in [0.5, 0.6) is 0 Å². The van der Waals surface area contributed by atoms with E-state index in [4.69, 9.17) is 29.0 Å². The summed E-state index contributed by atoms with van der Waals surface area (Å²) in [6.07, 6.45) is 0. The fourth-order valence-electron chi connectivity index (χ4n) is 1.92. The molecule has 5 heteroatoms. The summed E-state index contributed by atoms with van der Waals surface area (Å²) in [4.78, 5) is 0. The molecule has 19 heavy (non-hydrogen) atoms. The molecule has 2 nitrogen and oxygen atoms in total. The maximum atomic E-state index is 6.16. The highest BCUT2D eigenvalue weighted by molar-refractivity contribution is 9.10. The van der Waals surface area contributed by atoms with Crippen LogP contribution in [0.1, 0.15) is 22.7 Å². The minimum Gasteiger partial charge on any atom is -0.271 e. The predicted octanol–water partition coefficient (Wildman–Crippen LogP) is 4.62. The van der Waals surface area contributed by atoms with Gasteiger partial charge in [0.25, 0.3) is 0 Å². The molecule has 1 atom stereocenters. The minimum absolute atomic E-state index is 0.159. The molecular formula is C14H13BrCl2N2. The van der Waals surface area contributed by atoms with Gasteiger partial charge in [-0.1, -0.05) is 51.3 Å². The van der Waals surface area contributed by atoms with Gasteiger partial charge in [0.1, 0.15) is 0 Å². The molecule has 0 fully saturated rings. The Morgan fingerprint density at radius 1 is 1.11 bits per heavy atom. The number of nitrogens with two attached hydrogens (primary N) is 1. The van der Waals surface area contributed by atoms with Crippen molar-refractivity contribution in [2.45, 2.75) is 13.0 Å². The van der Waals surface area contributed by atoms with E-state index in [1.165, 1.54) is 0 Å². The molecule has 2 aromatic carbocycles. The number of hydrazine groups is 1. The lowest BCUT2D eigenvalue weighted by atomic mass is 9.98. The molecule has 0 aliphatic rings. The normalized spacial score (nSPS) is 12.5. The molecule has 0 bridgehead atoms. The highest BCUT2D eigenvalue weighted by atomic mass is 79.9. The first-order valence-electron chi connectivity index (χ1n) is 5.69. The first-order valence-corrected chi connectivity index (χ1v) is 7.24. The summed E-state index contributed by atoms with van der Waals surface area (Å²) >= 11 is 15.7. The van der Waals surface area contributed by atoms with Crippen LogP contribution in [0.4, 0.5) is 0 Å². The van der Waals surface area contributed by atoms with Crippen molar-refractivity contribution < 1.29 is 0 Å². The number of halogens is 3. The standard InChI is InChI=1S/C14H13BrCl2N2/c1-8-2-3-9(6-13(8)17)14(19-18)10-4-11(15)7-12(16)5-10/h2-7,14,19H,18H2,1H3. The van der Waals surface area contributed by atoms with Crippen molar-refractivity contribution in [2.24, 2.45) is 5.84 Å². The largest absolute Gasteiger partial charge is 0.271 e. The molecule has 0 saturated heterocycles. The van der Waals surface area contributed by atoms with Crippen LogP contribution in [0.15, 0.2) is 40.9 Å². The Balaban J connectivity index is 2.46. The number of aryl methyl sites for hydroxylation is 1. The summed E-state index contributed by atoms with van der Waals surface area (Å²) in [5.41, 5.74) is 5.80. The van der Waals surface area contributed by atoms with Gasteiger partial charge in [0.05, 0.1) is 6.04 Å². The molecule has 2 rings (SSSR count). The van der Waals surface area contributed by atoms with Crippen LogP contribution >= 0.6 is 39.1 Å². The highest BCUT2D eigenvalue weighted by Gasteiger charge is 2.14. The Bertz CT molecular complexity index is 582. The second-order valence-corrected chi connectivity index (χ2v) is 6.07. The molecule has 0 radical (unpaired) electrons. The molecule has 100 valence electrons. The Kier molecular flexibility index (Phi) is 4.87. The summed E-state index contributed by atoms with van der Waals surface area (Å²) in [6, 6.07) is 11.4. The van der Waals surface area contributed by atoms with Gasteiger partial charge in [-0.15, -0.1) is 0 Å². The van der Waals surface area contributed by atoms with Crippen molar-refractivity contribution >= 4 is 39.1 Å². The van der Waals surface area contributed by atoms with Crippen molar-refractivity contribution in [1.82, 2.24) is 5.43 Å². The third-order valence-electron chi connectivity index (χ3n) is 2.91. The van der Waals surface area contributed by atoms with E-state index >= 15 is 0 Å². The maximum absolute atomic E-state index is 6.16. The summed E-state index contributed by atoms with van der Waals surface area (Å²) in [6.45, 7) is 1.97. The molecule has 0 amide bonds. The molecule has 0 spiro atoms. The van der Waals surface area contributed by atoms with Crippen molar-refractivity contribution in [2.75, 3.05) is 0 Å². The zero-order valence-corrected chi connectivity index (χ0v) is 13.4. The Morgan fingerprint density at radius 2 is 1.84 bits per heavy atom. The van der Waals surface area contributed by atoms with Crippen LogP contribution in [0.25, 0.3) is 0 Å². The van der Waals surface area contributed by atoms with E-state index in [0.29, 0.717) is 5.02 Å². The van der Waals surface area contributed by atoms with Crippen LogP contribution < -0.4 is 11.3 Å². The van der Waals surface area contributed by atoms with E-state index in [1.54, 1.807) is 0 Å². The van der Waals surface area contributed by atoms with Gasteiger partial charge in [-0.3, -0.25) is 5.84 Å². The average Bonchev–Trinajstić information content (AvgIpc) is 2.33. The molecule has 2 aromatic rings. The Labute approximate surface area is 131 Å². The van der Waals surface area contributed by atoms with Gasteiger partial charge >= 0.3 is 0 Å². The summed E-state index contributed by atoms with van der Waals surface area (Å²) < 4.78 is 0.911. The Morgan fingerprint density at radius 3 is 2.42 bits per heavy atom. The number of hydrogen-bond donors (Lipinski definition) is 2.